The van der Waals surface area contributed by atoms with Crippen LogP contribution in [0.25, 0.3) is 0 Å². The van der Waals surface area contributed by atoms with E-state index in [9.17, 15) is 19.7 Å². The Hall–Kier alpha value is -2.64. The maximum absolute atomic E-state index is 11.5. The number of nitro benzene ring substituents is 1. The molecular formula is C12H14N2O6. The molecule has 0 fully saturated rings. The molecule has 0 spiro atoms. The predicted molar refractivity (Wildman–Crippen MR) is 69.9 cm³/mol. The molecule has 8 heteroatoms. The quantitative estimate of drug-likeness (QED) is 0.500. The highest BCUT2D eigenvalue weighted by Gasteiger charge is 2.24. The lowest BCUT2D eigenvalue weighted by molar-refractivity contribution is -0.385. The highest BCUT2D eigenvalue weighted by Crippen LogP contribution is 2.37. The second-order valence-electron chi connectivity index (χ2n) is 3.73. The Balaban J connectivity index is 3.49. The van der Waals surface area contributed by atoms with Gasteiger partial charge in [-0.2, -0.15) is 0 Å². The molecule has 0 heterocycles. The third-order valence-electron chi connectivity index (χ3n) is 2.29. The average molecular weight is 282 g/mol. The number of rotatable bonds is 5. The van der Waals surface area contributed by atoms with Crippen molar-refractivity contribution >= 4 is 23.3 Å². The van der Waals surface area contributed by atoms with E-state index < -0.39 is 22.5 Å². The number of hydrogen-bond acceptors (Lipinski definition) is 6. The van der Waals surface area contributed by atoms with Crippen LogP contribution in [0.15, 0.2) is 12.1 Å². The number of carbonyl (C=O) groups is 2. The van der Waals surface area contributed by atoms with Crippen molar-refractivity contribution in [2.45, 2.75) is 13.8 Å². The first kappa shape index (κ1) is 15.4. The summed E-state index contributed by atoms with van der Waals surface area (Å²) >= 11 is 0. The number of amides is 1. The van der Waals surface area contributed by atoms with E-state index in [2.05, 4.69) is 10.1 Å². The van der Waals surface area contributed by atoms with Crippen LogP contribution < -0.4 is 10.1 Å². The molecule has 0 saturated carbocycles. The number of nitro groups is 1. The monoisotopic (exact) mass is 282 g/mol. The van der Waals surface area contributed by atoms with Gasteiger partial charge in [-0.05, 0) is 13.0 Å². The first-order valence-corrected chi connectivity index (χ1v) is 5.71. The van der Waals surface area contributed by atoms with E-state index >= 15 is 0 Å². The van der Waals surface area contributed by atoms with Crippen LogP contribution in [-0.2, 0) is 9.53 Å². The van der Waals surface area contributed by atoms with Crippen LogP contribution in [0.1, 0.15) is 24.2 Å². The minimum absolute atomic E-state index is 0.0496. The van der Waals surface area contributed by atoms with E-state index in [1.807, 2.05) is 0 Å². The molecule has 0 atom stereocenters. The van der Waals surface area contributed by atoms with E-state index in [0.29, 0.717) is 0 Å². The molecule has 108 valence electrons. The minimum Gasteiger partial charge on any atom is -0.486 e. The Morgan fingerprint density at radius 1 is 1.40 bits per heavy atom. The fraction of sp³-hybridized carbons (Fsp3) is 0.333. The molecular weight excluding hydrogens is 268 g/mol. The van der Waals surface area contributed by atoms with Crippen LogP contribution in [0.4, 0.5) is 11.4 Å². The van der Waals surface area contributed by atoms with E-state index in [-0.39, 0.29) is 23.6 Å². The van der Waals surface area contributed by atoms with Crippen molar-refractivity contribution in [2.75, 3.05) is 19.0 Å². The largest absolute Gasteiger partial charge is 0.486 e. The Bertz CT molecular complexity index is 555. The lowest BCUT2D eigenvalue weighted by Gasteiger charge is -2.12. The molecule has 0 aliphatic rings. The summed E-state index contributed by atoms with van der Waals surface area (Å²) in [4.78, 5) is 33.0. The zero-order valence-electron chi connectivity index (χ0n) is 11.3. The zero-order valence-corrected chi connectivity index (χ0v) is 11.3. The highest BCUT2D eigenvalue weighted by atomic mass is 16.6. The zero-order chi connectivity index (χ0) is 15.3. The van der Waals surface area contributed by atoms with Gasteiger partial charge in [-0.25, -0.2) is 4.79 Å². The fourth-order valence-electron chi connectivity index (χ4n) is 1.56. The van der Waals surface area contributed by atoms with Gasteiger partial charge < -0.3 is 14.8 Å². The Labute approximate surface area is 114 Å². The topological polar surface area (TPSA) is 108 Å². The number of nitrogens with zero attached hydrogens (tertiary/aromatic N) is 1. The van der Waals surface area contributed by atoms with Gasteiger partial charge >= 0.3 is 11.7 Å². The number of hydrogen-bond donors (Lipinski definition) is 1. The second-order valence-corrected chi connectivity index (χ2v) is 3.73. The van der Waals surface area contributed by atoms with Gasteiger partial charge in [0.15, 0.2) is 0 Å². The normalized spacial score (nSPS) is 9.75. The van der Waals surface area contributed by atoms with Crippen molar-refractivity contribution in [1.29, 1.82) is 0 Å². The van der Waals surface area contributed by atoms with Crippen LogP contribution in [-0.4, -0.2) is 30.5 Å². The number of benzene rings is 1. The summed E-state index contributed by atoms with van der Waals surface area (Å²) < 4.78 is 9.71. The molecule has 0 radical (unpaired) electrons. The van der Waals surface area contributed by atoms with Crippen molar-refractivity contribution in [3.8, 4) is 5.75 Å². The molecule has 1 rings (SSSR count). The molecule has 1 N–H and O–H groups in total. The molecule has 1 amide bonds. The predicted octanol–water partition coefficient (Wildman–Crippen LogP) is 1.74. The molecule has 0 bridgehead atoms. The van der Waals surface area contributed by atoms with Crippen LogP contribution in [0.5, 0.6) is 5.75 Å². The van der Waals surface area contributed by atoms with Crippen molar-refractivity contribution in [3.05, 3.63) is 27.8 Å². The molecule has 8 nitrogen and oxygen atoms in total. The minimum atomic E-state index is -0.747. The molecule has 0 aromatic heterocycles. The third-order valence-corrected chi connectivity index (χ3v) is 2.29. The second kappa shape index (κ2) is 6.50. The summed E-state index contributed by atoms with van der Waals surface area (Å²) in [6.45, 7) is 3.06. The summed E-state index contributed by atoms with van der Waals surface area (Å²) in [6, 6.07) is 2.31. The van der Waals surface area contributed by atoms with Crippen LogP contribution >= 0.6 is 0 Å². The average Bonchev–Trinajstić information content (AvgIpc) is 2.38. The summed E-state index contributed by atoms with van der Waals surface area (Å²) in [5.74, 6) is -1.29. The van der Waals surface area contributed by atoms with Gasteiger partial charge in [-0.3, -0.25) is 14.9 Å². The standard InChI is InChI=1S/C12H14N2O6/c1-4-20-11-9(13-7(2)15)5-8(12(16)19-3)6-10(11)14(17)18/h5-6H,4H2,1-3H3,(H,13,15). The fourth-order valence-corrected chi connectivity index (χ4v) is 1.56. The maximum atomic E-state index is 11.5. The summed E-state index contributed by atoms with van der Waals surface area (Å²) in [5, 5.41) is 13.5. The molecule has 1 aromatic rings. The van der Waals surface area contributed by atoms with Crippen LogP contribution in [0.2, 0.25) is 0 Å². The van der Waals surface area contributed by atoms with Gasteiger partial charge in [-0.1, -0.05) is 0 Å². The van der Waals surface area contributed by atoms with E-state index in [4.69, 9.17) is 4.74 Å². The molecule has 1 aromatic carbocycles. The van der Waals surface area contributed by atoms with Crippen molar-refractivity contribution in [1.82, 2.24) is 0 Å². The lowest BCUT2D eigenvalue weighted by atomic mass is 10.1. The van der Waals surface area contributed by atoms with Gasteiger partial charge in [-0.15, -0.1) is 0 Å². The maximum Gasteiger partial charge on any atom is 0.338 e. The summed E-state index contributed by atoms with van der Waals surface area (Å²) in [7, 11) is 1.16. The van der Waals surface area contributed by atoms with E-state index in [0.717, 1.165) is 13.2 Å². The number of esters is 1. The Morgan fingerprint density at radius 2 is 2.05 bits per heavy atom. The number of methoxy groups -OCH3 is 1. The van der Waals surface area contributed by atoms with Gasteiger partial charge in [0.2, 0.25) is 11.7 Å². The molecule has 0 unspecified atom stereocenters. The smallest absolute Gasteiger partial charge is 0.338 e. The van der Waals surface area contributed by atoms with E-state index in [1.165, 1.54) is 13.0 Å². The SMILES string of the molecule is CCOc1c(NC(C)=O)cc(C(=O)OC)cc1[N+](=O)[O-]. The van der Waals surface area contributed by atoms with Crippen molar-refractivity contribution in [2.24, 2.45) is 0 Å². The van der Waals surface area contributed by atoms with Gasteiger partial charge in [0.05, 0.1) is 29.9 Å². The molecule has 0 aliphatic carbocycles. The number of anilines is 1. The van der Waals surface area contributed by atoms with Crippen molar-refractivity contribution < 1.29 is 24.0 Å². The number of carbonyl (C=O) groups excluding carboxylic acids is 2. The summed E-state index contributed by atoms with van der Waals surface area (Å²) in [6.07, 6.45) is 0. The first-order valence-electron chi connectivity index (χ1n) is 5.71. The Morgan fingerprint density at radius 3 is 2.50 bits per heavy atom. The highest BCUT2D eigenvalue weighted by molar-refractivity contribution is 5.97. The van der Waals surface area contributed by atoms with Crippen LogP contribution in [0.3, 0.4) is 0 Å². The Kier molecular flexibility index (Phi) is 5.01. The van der Waals surface area contributed by atoms with Crippen molar-refractivity contribution in [3.63, 3.8) is 0 Å². The van der Waals surface area contributed by atoms with Gasteiger partial charge in [0, 0.05) is 13.0 Å². The van der Waals surface area contributed by atoms with Gasteiger partial charge in [0.1, 0.15) is 0 Å². The molecule has 0 aliphatic heterocycles. The first-order chi connectivity index (χ1) is 9.40. The lowest BCUT2D eigenvalue weighted by Crippen LogP contribution is -2.11. The number of nitrogens with one attached hydrogen (secondary N) is 1. The molecule has 20 heavy (non-hydrogen) atoms. The summed E-state index contributed by atoms with van der Waals surface area (Å²) in [5.41, 5.74) is -0.418. The van der Waals surface area contributed by atoms with E-state index in [1.54, 1.807) is 6.92 Å². The van der Waals surface area contributed by atoms with Gasteiger partial charge in [0.25, 0.3) is 0 Å². The molecule has 0 saturated heterocycles. The van der Waals surface area contributed by atoms with Crippen LogP contribution in [0, 0.1) is 10.1 Å². The third kappa shape index (κ3) is 3.44. The number of ether oxygens (including phenoxy) is 2.